The highest BCUT2D eigenvalue weighted by Crippen LogP contribution is 2.29. The van der Waals surface area contributed by atoms with Crippen LogP contribution < -0.4 is 10.0 Å². The summed E-state index contributed by atoms with van der Waals surface area (Å²) in [6.07, 6.45) is 2.23. The Morgan fingerprint density at radius 2 is 2.10 bits per heavy atom. The molecule has 3 fully saturated rings. The van der Waals surface area contributed by atoms with Crippen LogP contribution in [-0.2, 0) is 16.6 Å². The van der Waals surface area contributed by atoms with Gasteiger partial charge in [-0.1, -0.05) is 0 Å². The van der Waals surface area contributed by atoms with Crippen LogP contribution in [-0.4, -0.2) is 46.0 Å². The summed E-state index contributed by atoms with van der Waals surface area (Å²) < 4.78 is 28.3. The van der Waals surface area contributed by atoms with E-state index in [0.29, 0.717) is 16.7 Å². The van der Waals surface area contributed by atoms with Crippen LogP contribution in [0.2, 0.25) is 0 Å². The number of piperidine rings is 3. The first-order valence-electron chi connectivity index (χ1n) is 7.06. The van der Waals surface area contributed by atoms with Gasteiger partial charge in [-0.05, 0) is 51.0 Å². The molecule has 7 heteroatoms. The predicted octanol–water partition coefficient (Wildman–Crippen LogP) is 0.840. The van der Waals surface area contributed by atoms with Crippen molar-refractivity contribution in [2.24, 2.45) is 5.92 Å². The molecule has 0 saturated carbocycles. The van der Waals surface area contributed by atoms with E-state index in [9.17, 15) is 8.42 Å². The van der Waals surface area contributed by atoms with E-state index in [4.69, 9.17) is 0 Å². The molecule has 3 saturated heterocycles. The highest BCUT2D eigenvalue weighted by Gasteiger charge is 2.36. The Balaban J connectivity index is 1.71. The van der Waals surface area contributed by atoms with Gasteiger partial charge < -0.3 is 10.2 Å². The van der Waals surface area contributed by atoms with Gasteiger partial charge in [0.15, 0.2) is 0 Å². The quantitative estimate of drug-likeness (QED) is 0.845. The normalized spacial score (nSPS) is 29.8. The molecule has 0 amide bonds. The minimum absolute atomic E-state index is 0.0809. The lowest BCUT2D eigenvalue weighted by molar-refractivity contribution is 0.0827. The van der Waals surface area contributed by atoms with Crippen molar-refractivity contribution in [2.75, 3.05) is 26.7 Å². The Labute approximate surface area is 124 Å². The highest BCUT2D eigenvalue weighted by molar-refractivity contribution is 7.91. The molecule has 4 heterocycles. The van der Waals surface area contributed by atoms with Gasteiger partial charge in [0.05, 0.1) is 0 Å². The molecule has 1 aromatic rings. The summed E-state index contributed by atoms with van der Waals surface area (Å²) >= 11 is 1.35. The summed E-state index contributed by atoms with van der Waals surface area (Å²) in [4.78, 5) is 3.40. The Hall–Kier alpha value is -0.470. The standard InChI is InChI=1S/C13H21N3O2S2/c1-14-8-11-2-3-13(19-11)20(17,18)15-12-9-16-6-4-10(12)5-7-16/h2-3,10,12,14-15H,4-9H2,1H3. The number of rotatable bonds is 5. The van der Waals surface area contributed by atoms with Gasteiger partial charge in [0.25, 0.3) is 0 Å². The average molecular weight is 315 g/mol. The lowest BCUT2D eigenvalue weighted by Crippen LogP contribution is -2.57. The second-order valence-corrected chi connectivity index (χ2v) is 8.73. The fraction of sp³-hybridized carbons (Fsp3) is 0.692. The summed E-state index contributed by atoms with van der Waals surface area (Å²) in [5.41, 5.74) is 0. The highest BCUT2D eigenvalue weighted by atomic mass is 32.2. The molecule has 0 aromatic carbocycles. The molecule has 1 atom stereocenters. The van der Waals surface area contributed by atoms with Gasteiger partial charge >= 0.3 is 0 Å². The number of fused-ring (bicyclic) bond motifs is 3. The number of hydrogen-bond acceptors (Lipinski definition) is 5. The molecule has 0 aliphatic carbocycles. The molecular formula is C13H21N3O2S2. The van der Waals surface area contributed by atoms with Gasteiger partial charge in [-0.15, -0.1) is 11.3 Å². The molecule has 3 aliphatic rings. The fourth-order valence-corrected chi connectivity index (χ4v) is 5.81. The van der Waals surface area contributed by atoms with Crippen LogP contribution in [0.1, 0.15) is 17.7 Å². The third-order valence-corrected chi connectivity index (χ3v) is 7.28. The molecule has 0 spiro atoms. The van der Waals surface area contributed by atoms with Crippen LogP contribution in [0.25, 0.3) is 0 Å². The molecule has 4 rings (SSSR count). The smallest absolute Gasteiger partial charge is 0.250 e. The number of sulfonamides is 1. The molecular weight excluding hydrogens is 294 g/mol. The molecule has 1 aromatic heterocycles. The third kappa shape index (κ3) is 2.92. The minimum Gasteiger partial charge on any atom is -0.315 e. The molecule has 2 N–H and O–H groups in total. The van der Waals surface area contributed by atoms with E-state index >= 15 is 0 Å². The maximum absolute atomic E-state index is 12.5. The third-order valence-electron chi connectivity index (χ3n) is 4.22. The van der Waals surface area contributed by atoms with Crippen LogP contribution in [0.15, 0.2) is 16.3 Å². The molecule has 112 valence electrons. The Morgan fingerprint density at radius 1 is 1.35 bits per heavy atom. The molecule has 0 radical (unpaired) electrons. The van der Waals surface area contributed by atoms with Crippen molar-refractivity contribution in [3.05, 3.63) is 17.0 Å². The van der Waals surface area contributed by atoms with E-state index < -0.39 is 10.0 Å². The monoisotopic (exact) mass is 315 g/mol. The van der Waals surface area contributed by atoms with Gasteiger partial charge in [0, 0.05) is 24.0 Å². The van der Waals surface area contributed by atoms with Crippen molar-refractivity contribution in [3.63, 3.8) is 0 Å². The second kappa shape index (κ2) is 5.73. The van der Waals surface area contributed by atoms with E-state index in [0.717, 1.165) is 37.4 Å². The van der Waals surface area contributed by atoms with Crippen LogP contribution in [0.3, 0.4) is 0 Å². The van der Waals surface area contributed by atoms with Crippen molar-refractivity contribution in [3.8, 4) is 0 Å². The zero-order chi connectivity index (χ0) is 14.2. The van der Waals surface area contributed by atoms with E-state index in [1.165, 1.54) is 11.3 Å². The van der Waals surface area contributed by atoms with Crippen molar-refractivity contribution in [1.29, 1.82) is 0 Å². The Morgan fingerprint density at radius 3 is 2.70 bits per heavy atom. The summed E-state index contributed by atoms with van der Waals surface area (Å²) in [6, 6.07) is 3.67. The van der Waals surface area contributed by atoms with Crippen LogP contribution in [0, 0.1) is 5.92 Å². The average Bonchev–Trinajstić information content (AvgIpc) is 2.90. The van der Waals surface area contributed by atoms with Gasteiger partial charge in [0.1, 0.15) is 4.21 Å². The number of hydrogen-bond donors (Lipinski definition) is 2. The molecule has 20 heavy (non-hydrogen) atoms. The first-order valence-corrected chi connectivity index (χ1v) is 9.36. The van der Waals surface area contributed by atoms with Crippen molar-refractivity contribution >= 4 is 21.4 Å². The van der Waals surface area contributed by atoms with E-state index in [-0.39, 0.29) is 6.04 Å². The van der Waals surface area contributed by atoms with E-state index in [1.807, 2.05) is 13.1 Å². The van der Waals surface area contributed by atoms with Crippen molar-refractivity contribution in [1.82, 2.24) is 14.9 Å². The second-order valence-electron chi connectivity index (χ2n) is 5.62. The van der Waals surface area contributed by atoms with Gasteiger partial charge in [-0.3, -0.25) is 0 Å². The Kier molecular flexibility index (Phi) is 4.14. The van der Waals surface area contributed by atoms with Crippen LogP contribution in [0.5, 0.6) is 0 Å². The molecule has 5 nitrogen and oxygen atoms in total. The van der Waals surface area contributed by atoms with E-state index in [2.05, 4.69) is 14.9 Å². The number of nitrogens with one attached hydrogen (secondary N) is 2. The molecule has 2 bridgehead atoms. The lowest BCUT2D eigenvalue weighted by atomic mass is 9.85. The summed E-state index contributed by atoms with van der Waals surface area (Å²) in [5.74, 6) is 0.506. The van der Waals surface area contributed by atoms with Crippen molar-refractivity contribution in [2.45, 2.75) is 29.6 Å². The number of nitrogens with zero attached hydrogens (tertiary/aromatic N) is 1. The topological polar surface area (TPSA) is 61.4 Å². The zero-order valence-corrected chi connectivity index (χ0v) is 13.3. The maximum atomic E-state index is 12.5. The van der Waals surface area contributed by atoms with Crippen LogP contribution in [0.4, 0.5) is 0 Å². The molecule has 3 aliphatic heterocycles. The van der Waals surface area contributed by atoms with Gasteiger partial charge in [0.2, 0.25) is 10.0 Å². The predicted molar refractivity (Wildman–Crippen MR) is 80.4 cm³/mol. The summed E-state index contributed by atoms with van der Waals surface area (Å²) in [6.45, 7) is 3.81. The van der Waals surface area contributed by atoms with Crippen molar-refractivity contribution < 1.29 is 8.42 Å². The largest absolute Gasteiger partial charge is 0.315 e. The molecule has 1 unspecified atom stereocenters. The summed E-state index contributed by atoms with van der Waals surface area (Å²) in [5, 5.41) is 3.04. The first-order chi connectivity index (χ1) is 9.58. The minimum atomic E-state index is -3.37. The fourth-order valence-electron chi connectivity index (χ4n) is 3.13. The zero-order valence-electron chi connectivity index (χ0n) is 11.6. The van der Waals surface area contributed by atoms with Gasteiger partial charge in [-0.2, -0.15) is 0 Å². The maximum Gasteiger partial charge on any atom is 0.250 e. The Bertz CT molecular complexity index is 562. The number of thiophene rings is 1. The van der Waals surface area contributed by atoms with Gasteiger partial charge in [-0.25, -0.2) is 13.1 Å². The first kappa shape index (κ1) is 14.5. The van der Waals surface area contributed by atoms with Crippen LogP contribution >= 0.6 is 11.3 Å². The summed E-state index contributed by atoms with van der Waals surface area (Å²) in [7, 11) is -1.51. The SMILES string of the molecule is CNCc1ccc(S(=O)(=O)NC2CN3CCC2CC3)s1. The van der Waals surface area contributed by atoms with E-state index in [1.54, 1.807) is 6.07 Å². The lowest BCUT2D eigenvalue weighted by Gasteiger charge is -2.44.